The zero-order valence-corrected chi connectivity index (χ0v) is 13.1. The number of benzene rings is 1. The van der Waals surface area contributed by atoms with Gasteiger partial charge in [-0.15, -0.1) is 0 Å². The smallest absolute Gasteiger partial charge is 0.267 e. The molecule has 0 aliphatic carbocycles. The summed E-state index contributed by atoms with van der Waals surface area (Å²) < 4.78 is 27.1. The van der Waals surface area contributed by atoms with Crippen molar-refractivity contribution in [3.8, 4) is 5.69 Å². The van der Waals surface area contributed by atoms with Crippen LogP contribution in [0, 0.1) is 6.92 Å². The van der Waals surface area contributed by atoms with E-state index in [0.29, 0.717) is 16.6 Å². The van der Waals surface area contributed by atoms with Gasteiger partial charge in [-0.05, 0) is 31.2 Å². The Morgan fingerprint density at radius 2 is 2.17 bits per heavy atom. The van der Waals surface area contributed by atoms with E-state index in [1.807, 2.05) is 13.0 Å². The normalized spacial score (nSPS) is 15.3. The lowest BCUT2D eigenvalue weighted by Crippen LogP contribution is -2.22. The van der Waals surface area contributed by atoms with E-state index in [1.54, 1.807) is 24.3 Å². The number of nitrogens with zero attached hydrogens (tertiary/aromatic N) is 4. The standard InChI is InChI=1S/C15H10N4O4S/c1-8-4-5-11-10(7-8)12(18-23-24(21)22)14-17-13-9(3-2-6-16-13)15(20)19(11)14/h2-7H,1H3,(H,21,22)/p-1. The Morgan fingerprint density at radius 3 is 2.96 bits per heavy atom. The zero-order chi connectivity index (χ0) is 16.8. The van der Waals surface area contributed by atoms with Crippen molar-refractivity contribution in [1.29, 1.82) is 0 Å². The van der Waals surface area contributed by atoms with Crippen LogP contribution in [0.4, 0.5) is 0 Å². The fourth-order valence-corrected chi connectivity index (χ4v) is 2.85. The summed E-state index contributed by atoms with van der Waals surface area (Å²) in [6.07, 6.45) is 1.53. The number of fused-ring (bicyclic) bond motifs is 4. The van der Waals surface area contributed by atoms with Crippen molar-refractivity contribution in [2.45, 2.75) is 6.92 Å². The van der Waals surface area contributed by atoms with Crippen LogP contribution in [0.2, 0.25) is 0 Å². The lowest BCUT2D eigenvalue weighted by atomic mass is 10.1. The molecular weight excluding hydrogens is 332 g/mol. The molecule has 0 spiro atoms. The average Bonchev–Trinajstić information content (AvgIpc) is 2.86. The molecule has 24 heavy (non-hydrogen) atoms. The first-order valence-corrected chi connectivity index (χ1v) is 7.90. The van der Waals surface area contributed by atoms with E-state index in [-0.39, 0.29) is 22.7 Å². The van der Waals surface area contributed by atoms with Crippen LogP contribution in [-0.4, -0.2) is 29.0 Å². The summed E-state index contributed by atoms with van der Waals surface area (Å²) in [6, 6.07) is 8.69. The van der Waals surface area contributed by atoms with Gasteiger partial charge in [-0.1, -0.05) is 16.8 Å². The molecule has 0 fully saturated rings. The lowest BCUT2D eigenvalue weighted by molar-refractivity contribution is 0.318. The maximum absolute atomic E-state index is 12.8. The summed E-state index contributed by atoms with van der Waals surface area (Å²) in [5.74, 6) is 0.192. The van der Waals surface area contributed by atoms with E-state index in [0.717, 1.165) is 5.56 Å². The molecule has 1 aliphatic heterocycles. The molecular formula is C15H9N4O4S-. The van der Waals surface area contributed by atoms with Crippen LogP contribution in [-0.2, 0) is 15.6 Å². The Balaban J connectivity index is 2.10. The van der Waals surface area contributed by atoms with Crippen LogP contribution in [0.5, 0.6) is 0 Å². The first-order chi connectivity index (χ1) is 11.6. The summed E-state index contributed by atoms with van der Waals surface area (Å²) in [5, 5.41) is 4.01. The van der Waals surface area contributed by atoms with Gasteiger partial charge in [-0.2, -0.15) is 0 Å². The highest BCUT2D eigenvalue weighted by Crippen LogP contribution is 2.27. The minimum atomic E-state index is -2.82. The molecule has 1 aliphatic rings. The van der Waals surface area contributed by atoms with Crippen LogP contribution in [0.1, 0.15) is 17.0 Å². The molecule has 0 saturated heterocycles. The zero-order valence-electron chi connectivity index (χ0n) is 12.3. The Hall–Kier alpha value is -2.91. The van der Waals surface area contributed by atoms with Gasteiger partial charge in [0.05, 0.1) is 11.1 Å². The predicted molar refractivity (Wildman–Crippen MR) is 85.5 cm³/mol. The van der Waals surface area contributed by atoms with Crippen LogP contribution in [0.25, 0.3) is 16.7 Å². The molecule has 1 aromatic carbocycles. The second-order valence-corrected chi connectivity index (χ2v) is 5.75. The summed E-state index contributed by atoms with van der Waals surface area (Å²) >= 11 is -2.82. The molecule has 3 heterocycles. The van der Waals surface area contributed by atoms with Crippen molar-refractivity contribution >= 4 is 28.1 Å². The predicted octanol–water partition coefficient (Wildman–Crippen LogP) is 0.966. The number of aromatic nitrogens is 3. The average molecular weight is 341 g/mol. The van der Waals surface area contributed by atoms with Crippen LogP contribution in [0.15, 0.2) is 46.5 Å². The Labute approximate surface area is 137 Å². The quantitative estimate of drug-likeness (QED) is 0.397. The highest BCUT2D eigenvalue weighted by atomic mass is 32.2. The van der Waals surface area contributed by atoms with Gasteiger partial charge in [0.25, 0.3) is 5.56 Å². The fourth-order valence-electron chi connectivity index (χ4n) is 2.71. The number of rotatable bonds is 2. The van der Waals surface area contributed by atoms with Crippen molar-refractivity contribution in [2.75, 3.05) is 0 Å². The summed E-state index contributed by atoms with van der Waals surface area (Å²) in [6.45, 7) is 1.88. The number of aryl methyl sites for hydroxylation is 1. The topological polar surface area (TPSA) is 110 Å². The fraction of sp³-hybridized carbons (Fsp3) is 0.0667. The maximum Gasteiger partial charge on any atom is 0.267 e. The molecule has 2 aromatic heterocycles. The van der Waals surface area contributed by atoms with Crippen LogP contribution in [0.3, 0.4) is 0 Å². The molecule has 0 saturated carbocycles. The second kappa shape index (κ2) is 5.32. The van der Waals surface area contributed by atoms with Gasteiger partial charge in [0.2, 0.25) is 0 Å². The SMILES string of the molecule is Cc1ccc2c(c1)C(=NOS(=O)[O-])c1nc3ncccc3c(=O)n1-2. The lowest BCUT2D eigenvalue weighted by Gasteiger charge is -2.05. The molecule has 9 heteroatoms. The van der Waals surface area contributed by atoms with Gasteiger partial charge in [-0.3, -0.25) is 9.36 Å². The van der Waals surface area contributed by atoms with Crippen molar-refractivity contribution in [1.82, 2.24) is 14.5 Å². The van der Waals surface area contributed by atoms with Crippen molar-refractivity contribution in [2.24, 2.45) is 5.16 Å². The molecule has 0 radical (unpaired) electrons. The second-order valence-electron chi connectivity index (χ2n) is 5.19. The van der Waals surface area contributed by atoms with E-state index in [4.69, 9.17) is 0 Å². The summed E-state index contributed by atoms with van der Waals surface area (Å²) in [5.41, 5.74) is 2.19. The van der Waals surface area contributed by atoms with E-state index in [1.165, 1.54) is 10.8 Å². The highest BCUT2D eigenvalue weighted by molar-refractivity contribution is 7.74. The Bertz CT molecular complexity index is 1110. The molecule has 3 aromatic rings. The van der Waals surface area contributed by atoms with E-state index < -0.39 is 11.4 Å². The van der Waals surface area contributed by atoms with E-state index in [2.05, 4.69) is 19.4 Å². The van der Waals surface area contributed by atoms with Crippen molar-refractivity contribution in [3.05, 3.63) is 63.8 Å². The maximum atomic E-state index is 12.8. The van der Waals surface area contributed by atoms with Crippen molar-refractivity contribution in [3.63, 3.8) is 0 Å². The minimum absolute atomic E-state index is 0.169. The van der Waals surface area contributed by atoms with Crippen LogP contribution >= 0.6 is 0 Å². The van der Waals surface area contributed by atoms with Gasteiger partial charge in [0, 0.05) is 11.8 Å². The molecule has 8 nitrogen and oxygen atoms in total. The molecule has 1 unspecified atom stereocenters. The highest BCUT2D eigenvalue weighted by Gasteiger charge is 2.29. The van der Waals surface area contributed by atoms with Gasteiger partial charge in [0.1, 0.15) is 0 Å². The van der Waals surface area contributed by atoms with Gasteiger partial charge in [-0.25, -0.2) is 14.2 Å². The van der Waals surface area contributed by atoms with Gasteiger partial charge >= 0.3 is 0 Å². The van der Waals surface area contributed by atoms with Gasteiger partial charge < -0.3 is 8.84 Å². The Kier molecular flexibility index (Phi) is 3.25. The summed E-state index contributed by atoms with van der Waals surface area (Å²) in [7, 11) is 0. The van der Waals surface area contributed by atoms with Crippen LogP contribution < -0.4 is 5.56 Å². The Morgan fingerprint density at radius 1 is 1.33 bits per heavy atom. The monoisotopic (exact) mass is 341 g/mol. The number of hydrogen-bond donors (Lipinski definition) is 0. The third-order valence-corrected chi connectivity index (χ3v) is 3.89. The number of hydrogen-bond acceptors (Lipinski definition) is 7. The van der Waals surface area contributed by atoms with Gasteiger partial charge in [0.15, 0.2) is 28.5 Å². The van der Waals surface area contributed by atoms with E-state index in [9.17, 15) is 13.6 Å². The first kappa shape index (κ1) is 14.7. The number of pyridine rings is 1. The molecule has 1 atom stereocenters. The third kappa shape index (κ3) is 2.14. The number of oxime groups is 1. The molecule has 120 valence electrons. The minimum Gasteiger partial charge on any atom is -0.738 e. The molecule has 0 amide bonds. The third-order valence-electron chi connectivity index (χ3n) is 3.69. The van der Waals surface area contributed by atoms with Crippen molar-refractivity contribution < 1.29 is 13.0 Å². The first-order valence-electron chi connectivity index (χ1n) is 6.90. The summed E-state index contributed by atoms with van der Waals surface area (Å²) in [4.78, 5) is 21.3. The largest absolute Gasteiger partial charge is 0.738 e. The van der Waals surface area contributed by atoms with E-state index >= 15 is 0 Å². The molecule has 4 rings (SSSR count). The molecule has 0 bridgehead atoms. The molecule has 0 N–H and O–H groups in total.